The van der Waals surface area contributed by atoms with Gasteiger partial charge in [0.05, 0.1) is 5.56 Å². The third-order valence-electron chi connectivity index (χ3n) is 3.05. The van der Waals surface area contributed by atoms with Gasteiger partial charge in [-0.1, -0.05) is 6.42 Å². The van der Waals surface area contributed by atoms with Gasteiger partial charge in [-0.3, -0.25) is 4.79 Å². The molecule has 1 aromatic rings. The molecule has 0 radical (unpaired) electrons. The van der Waals surface area contributed by atoms with Gasteiger partial charge in [0.15, 0.2) is 0 Å². The molecule has 17 heavy (non-hydrogen) atoms. The Balaban J connectivity index is 2.00. The molecule has 1 saturated carbocycles. The summed E-state index contributed by atoms with van der Waals surface area (Å²) in [5.41, 5.74) is 11.5. The van der Waals surface area contributed by atoms with Gasteiger partial charge in [-0.15, -0.1) is 0 Å². The summed E-state index contributed by atoms with van der Waals surface area (Å²) in [5.74, 6) is 0.00997. The third-order valence-corrected chi connectivity index (χ3v) is 3.05. The first-order valence-corrected chi connectivity index (χ1v) is 5.85. The van der Waals surface area contributed by atoms with Crippen molar-refractivity contribution in [2.24, 2.45) is 11.5 Å². The van der Waals surface area contributed by atoms with Gasteiger partial charge in [0.1, 0.15) is 6.10 Å². The molecule has 2 atom stereocenters. The number of hydrogen-bond donors (Lipinski definition) is 2. The summed E-state index contributed by atoms with van der Waals surface area (Å²) in [6, 6.07) is 3.34. The van der Waals surface area contributed by atoms with Gasteiger partial charge < -0.3 is 16.2 Å². The highest BCUT2D eigenvalue weighted by Crippen LogP contribution is 2.21. The number of aromatic nitrogens is 1. The van der Waals surface area contributed by atoms with Gasteiger partial charge in [0, 0.05) is 18.3 Å². The lowest BCUT2D eigenvalue weighted by atomic mass is 9.93. The van der Waals surface area contributed by atoms with Crippen LogP contribution in [-0.2, 0) is 0 Å². The number of nitrogens with two attached hydrogens (primary N) is 2. The van der Waals surface area contributed by atoms with E-state index in [1.54, 1.807) is 12.1 Å². The number of ether oxygens (including phenoxy) is 1. The Bertz CT molecular complexity index is 391. The first-order chi connectivity index (χ1) is 8.16. The molecule has 92 valence electrons. The van der Waals surface area contributed by atoms with Crippen LogP contribution in [0.1, 0.15) is 36.0 Å². The van der Waals surface area contributed by atoms with Crippen LogP contribution in [0.4, 0.5) is 0 Å². The summed E-state index contributed by atoms with van der Waals surface area (Å²) < 4.78 is 5.71. The molecule has 2 unspecified atom stereocenters. The van der Waals surface area contributed by atoms with Crippen LogP contribution in [0.2, 0.25) is 0 Å². The van der Waals surface area contributed by atoms with Crippen LogP contribution in [-0.4, -0.2) is 23.0 Å². The molecule has 0 saturated heterocycles. The second kappa shape index (κ2) is 5.14. The van der Waals surface area contributed by atoms with E-state index in [1.165, 1.54) is 6.20 Å². The predicted octanol–water partition coefficient (Wildman–Crippen LogP) is 0.829. The molecule has 1 aromatic heterocycles. The third kappa shape index (κ3) is 2.94. The Hall–Kier alpha value is -1.62. The average molecular weight is 235 g/mol. The molecule has 5 heteroatoms. The van der Waals surface area contributed by atoms with Gasteiger partial charge in [0.25, 0.3) is 0 Å². The Morgan fingerprint density at radius 3 is 2.71 bits per heavy atom. The van der Waals surface area contributed by atoms with E-state index in [-0.39, 0.29) is 12.1 Å². The van der Waals surface area contributed by atoms with E-state index in [4.69, 9.17) is 16.2 Å². The zero-order chi connectivity index (χ0) is 12.3. The normalized spacial score (nSPS) is 24.3. The quantitative estimate of drug-likeness (QED) is 0.811. The zero-order valence-corrected chi connectivity index (χ0v) is 9.63. The standard InChI is InChI=1S/C12H17N3O2/c13-9-3-1-2-4-10(9)17-11-6-5-8(7-15-11)12(14)16/h5-7,9-10H,1-4,13H2,(H2,14,16). The van der Waals surface area contributed by atoms with E-state index in [2.05, 4.69) is 4.98 Å². The number of pyridine rings is 1. The Labute approximate surface area is 100 Å². The molecular formula is C12H17N3O2. The monoisotopic (exact) mass is 235 g/mol. The fourth-order valence-electron chi connectivity index (χ4n) is 2.02. The van der Waals surface area contributed by atoms with Crippen molar-refractivity contribution in [2.75, 3.05) is 0 Å². The van der Waals surface area contributed by atoms with E-state index in [9.17, 15) is 4.79 Å². The second-order valence-electron chi connectivity index (χ2n) is 4.35. The Morgan fingerprint density at radius 2 is 2.12 bits per heavy atom. The number of primary amides is 1. The minimum atomic E-state index is -0.488. The van der Waals surface area contributed by atoms with E-state index in [0.717, 1.165) is 25.7 Å². The number of rotatable bonds is 3. The number of amides is 1. The van der Waals surface area contributed by atoms with Gasteiger partial charge >= 0.3 is 0 Å². The van der Waals surface area contributed by atoms with Crippen LogP contribution in [0.25, 0.3) is 0 Å². The van der Waals surface area contributed by atoms with Crippen molar-refractivity contribution in [3.63, 3.8) is 0 Å². The van der Waals surface area contributed by atoms with Crippen molar-refractivity contribution >= 4 is 5.91 Å². The minimum Gasteiger partial charge on any atom is -0.473 e. The molecule has 2 rings (SSSR count). The fraction of sp³-hybridized carbons (Fsp3) is 0.500. The summed E-state index contributed by atoms with van der Waals surface area (Å²) in [6.07, 6.45) is 5.69. The van der Waals surface area contributed by atoms with Crippen molar-refractivity contribution in [3.8, 4) is 5.88 Å². The molecule has 5 nitrogen and oxygen atoms in total. The van der Waals surface area contributed by atoms with Crippen molar-refractivity contribution in [1.29, 1.82) is 0 Å². The van der Waals surface area contributed by atoms with Crippen molar-refractivity contribution < 1.29 is 9.53 Å². The minimum absolute atomic E-state index is 0.0238. The lowest BCUT2D eigenvalue weighted by Gasteiger charge is -2.28. The number of hydrogen-bond acceptors (Lipinski definition) is 4. The Kier molecular flexibility index (Phi) is 3.58. The van der Waals surface area contributed by atoms with Crippen LogP contribution >= 0.6 is 0 Å². The molecule has 1 aliphatic carbocycles. The second-order valence-corrected chi connectivity index (χ2v) is 4.35. The molecule has 1 amide bonds. The van der Waals surface area contributed by atoms with E-state index in [0.29, 0.717) is 11.4 Å². The van der Waals surface area contributed by atoms with E-state index < -0.39 is 5.91 Å². The molecule has 0 bridgehead atoms. The van der Waals surface area contributed by atoms with E-state index >= 15 is 0 Å². The maximum atomic E-state index is 10.9. The van der Waals surface area contributed by atoms with Gasteiger partial charge in [0.2, 0.25) is 11.8 Å². The van der Waals surface area contributed by atoms with Crippen LogP contribution < -0.4 is 16.2 Å². The highest BCUT2D eigenvalue weighted by atomic mass is 16.5. The number of nitrogens with zero attached hydrogens (tertiary/aromatic N) is 1. The molecule has 1 aliphatic rings. The molecule has 0 aliphatic heterocycles. The largest absolute Gasteiger partial charge is 0.473 e. The summed E-state index contributed by atoms with van der Waals surface area (Å²) in [4.78, 5) is 14.9. The zero-order valence-electron chi connectivity index (χ0n) is 9.63. The van der Waals surface area contributed by atoms with Crippen molar-refractivity contribution in [3.05, 3.63) is 23.9 Å². The maximum absolute atomic E-state index is 10.9. The van der Waals surface area contributed by atoms with Gasteiger partial charge in [-0.2, -0.15) is 0 Å². The maximum Gasteiger partial charge on any atom is 0.250 e. The molecule has 0 spiro atoms. The van der Waals surface area contributed by atoms with Gasteiger partial charge in [-0.25, -0.2) is 4.98 Å². The first-order valence-electron chi connectivity index (χ1n) is 5.85. The first kappa shape index (κ1) is 11.9. The molecule has 1 fully saturated rings. The van der Waals surface area contributed by atoms with Crippen molar-refractivity contribution in [1.82, 2.24) is 4.98 Å². The summed E-state index contributed by atoms with van der Waals surface area (Å²) >= 11 is 0. The average Bonchev–Trinajstić information content (AvgIpc) is 2.33. The lowest BCUT2D eigenvalue weighted by molar-refractivity contribution is 0.0999. The summed E-state index contributed by atoms with van der Waals surface area (Å²) in [6.45, 7) is 0. The van der Waals surface area contributed by atoms with Crippen LogP contribution in [0.5, 0.6) is 5.88 Å². The Morgan fingerprint density at radius 1 is 1.35 bits per heavy atom. The molecule has 0 aromatic carbocycles. The highest BCUT2D eigenvalue weighted by molar-refractivity contribution is 5.92. The number of carbonyl (C=O) groups is 1. The predicted molar refractivity (Wildman–Crippen MR) is 63.6 cm³/mol. The summed E-state index contributed by atoms with van der Waals surface area (Å²) in [5, 5.41) is 0. The molecule has 4 N–H and O–H groups in total. The highest BCUT2D eigenvalue weighted by Gasteiger charge is 2.23. The van der Waals surface area contributed by atoms with Gasteiger partial charge in [-0.05, 0) is 25.3 Å². The van der Waals surface area contributed by atoms with Crippen LogP contribution in [0.15, 0.2) is 18.3 Å². The summed E-state index contributed by atoms with van der Waals surface area (Å²) in [7, 11) is 0. The van der Waals surface area contributed by atoms with Crippen LogP contribution in [0, 0.1) is 0 Å². The molecule has 1 heterocycles. The SMILES string of the molecule is NC(=O)c1ccc(OC2CCCCC2N)nc1. The van der Waals surface area contributed by atoms with Crippen molar-refractivity contribution in [2.45, 2.75) is 37.8 Å². The van der Waals surface area contributed by atoms with Crippen LogP contribution in [0.3, 0.4) is 0 Å². The lowest BCUT2D eigenvalue weighted by Crippen LogP contribution is -2.41. The smallest absolute Gasteiger partial charge is 0.250 e. The van der Waals surface area contributed by atoms with E-state index in [1.807, 2.05) is 0 Å². The fourth-order valence-corrected chi connectivity index (χ4v) is 2.02. The number of carbonyl (C=O) groups excluding carboxylic acids is 1. The topological polar surface area (TPSA) is 91.2 Å². The molecular weight excluding hydrogens is 218 g/mol.